The molecule has 0 saturated heterocycles. The Morgan fingerprint density at radius 1 is 1.14 bits per heavy atom. The first-order valence-corrected chi connectivity index (χ1v) is 6.67. The Kier molecular flexibility index (Phi) is 3.48. The van der Waals surface area contributed by atoms with Gasteiger partial charge in [0.1, 0.15) is 0 Å². The van der Waals surface area contributed by atoms with Gasteiger partial charge in [0.05, 0.1) is 16.1 Å². The molecular weight excluding hydrogens is 319 g/mol. The van der Waals surface area contributed by atoms with E-state index in [-0.39, 0.29) is 10.7 Å². The maximum Gasteiger partial charge on any atom is 0.417 e. The summed E-state index contributed by atoms with van der Waals surface area (Å²) in [6.07, 6.45) is -5.38. The fourth-order valence-electron chi connectivity index (χ4n) is 2.24. The minimum atomic E-state index is -4.56. The van der Waals surface area contributed by atoms with Crippen LogP contribution in [0.5, 0.6) is 0 Å². The van der Waals surface area contributed by atoms with E-state index < -0.39 is 23.9 Å². The van der Waals surface area contributed by atoms with Gasteiger partial charge in [0, 0.05) is 11.3 Å². The molecule has 3 nitrogen and oxygen atoms in total. The number of halogens is 4. The van der Waals surface area contributed by atoms with Crippen molar-refractivity contribution in [3.05, 3.63) is 64.2 Å². The molecule has 0 amide bonds. The lowest BCUT2D eigenvalue weighted by Gasteiger charge is -2.16. The fourth-order valence-corrected chi connectivity index (χ4v) is 2.46. The monoisotopic (exact) mass is 327 g/mol. The number of ether oxygens (including phenoxy) is 1. The Morgan fingerprint density at radius 2 is 1.86 bits per heavy atom. The third kappa shape index (κ3) is 2.62. The maximum absolute atomic E-state index is 12.8. The number of alkyl halides is 3. The quantitative estimate of drug-likeness (QED) is 0.817. The van der Waals surface area contributed by atoms with Crippen LogP contribution in [-0.4, -0.2) is 5.97 Å². The second-order valence-corrected chi connectivity index (χ2v) is 5.12. The van der Waals surface area contributed by atoms with Crippen LogP contribution in [0.2, 0.25) is 5.02 Å². The molecule has 1 atom stereocenters. The molecule has 7 heteroatoms. The van der Waals surface area contributed by atoms with Gasteiger partial charge in [-0.3, -0.25) is 0 Å². The average molecular weight is 328 g/mol. The topological polar surface area (TPSA) is 38.3 Å². The van der Waals surface area contributed by atoms with E-state index in [4.69, 9.17) is 16.3 Å². The minimum Gasteiger partial charge on any atom is -0.434 e. The van der Waals surface area contributed by atoms with Crippen LogP contribution in [-0.2, 0) is 10.9 Å². The van der Waals surface area contributed by atoms with Gasteiger partial charge in [-0.1, -0.05) is 29.8 Å². The molecule has 114 valence electrons. The van der Waals surface area contributed by atoms with E-state index in [9.17, 15) is 18.0 Å². The lowest BCUT2D eigenvalue weighted by Crippen LogP contribution is -2.12. The van der Waals surface area contributed by atoms with Gasteiger partial charge in [0.15, 0.2) is 0 Å². The molecule has 0 unspecified atom stereocenters. The van der Waals surface area contributed by atoms with E-state index >= 15 is 0 Å². The third-order valence-corrected chi connectivity index (χ3v) is 3.59. The Labute approximate surface area is 128 Å². The number of esters is 1. The number of hydrogen-bond acceptors (Lipinski definition) is 3. The van der Waals surface area contributed by atoms with Gasteiger partial charge in [0.25, 0.3) is 0 Å². The number of benzene rings is 2. The molecule has 2 aromatic carbocycles. The second kappa shape index (κ2) is 5.21. The number of hydrogen-bond donors (Lipinski definition) is 1. The van der Waals surface area contributed by atoms with E-state index in [1.807, 2.05) is 0 Å². The summed E-state index contributed by atoms with van der Waals surface area (Å²) in [5, 5.41) is 2.38. The summed E-state index contributed by atoms with van der Waals surface area (Å²) >= 11 is 5.57. The lowest BCUT2D eigenvalue weighted by molar-refractivity contribution is -0.137. The van der Waals surface area contributed by atoms with Gasteiger partial charge in [0.2, 0.25) is 6.23 Å². The number of carbonyl (C=O) groups excluding carboxylic acids is 1. The van der Waals surface area contributed by atoms with Crippen molar-refractivity contribution < 1.29 is 22.7 Å². The molecule has 2 aromatic rings. The van der Waals surface area contributed by atoms with Crippen LogP contribution in [0.1, 0.15) is 27.7 Å². The molecular formula is C15H9ClF3NO2. The first kappa shape index (κ1) is 14.7. The minimum absolute atomic E-state index is 0.159. The Balaban J connectivity index is 1.91. The van der Waals surface area contributed by atoms with E-state index in [0.29, 0.717) is 11.1 Å². The van der Waals surface area contributed by atoms with Crippen molar-refractivity contribution in [1.29, 1.82) is 0 Å². The summed E-state index contributed by atoms with van der Waals surface area (Å²) < 4.78 is 43.7. The zero-order valence-electron chi connectivity index (χ0n) is 10.9. The molecule has 0 aliphatic carbocycles. The molecule has 0 saturated carbocycles. The van der Waals surface area contributed by atoms with Crippen molar-refractivity contribution in [2.24, 2.45) is 0 Å². The van der Waals surface area contributed by atoms with Gasteiger partial charge in [-0.2, -0.15) is 13.2 Å². The molecule has 1 aliphatic rings. The summed E-state index contributed by atoms with van der Waals surface area (Å²) in [5.74, 6) is -0.516. The van der Waals surface area contributed by atoms with E-state index in [1.165, 1.54) is 6.07 Å². The smallest absolute Gasteiger partial charge is 0.417 e. The second-order valence-electron chi connectivity index (χ2n) is 4.71. The lowest BCUT2D eigenvalue weighted by atomic mass is 10.1. The number of nitrogens with one attached hydrogen (secondary N) is 1. The molecule has 1 aliphatic heterocycles. The van der Waals surface area contributed by atoms with Crippen molar-refractivity contribution in [1.82, 2.24) is 0 Å². The molecule has 0 radical (unpaired) electrons. The van der Waals surface area contributed by atoms with Crippen molar-refractivity contribution in [3.63, 3.8) is 0 Å². The number of anilines is 1. The zero-order valence-corrected chi connectivity index (χ0v) is 11.7. The van der Waals surface area contributed by atoms with Crippen LogP contribution < -0.4 is 5.32 Å². The van der Waals surface area contributed by atoms with Gasteiger partial charge in [-0.05, 0) is 24.3 Å². The summed E-state index contributed by atoms with van der Waals surface area (Å²) in [6, 6.07) is 10.1. The van der Waals surface area contributed by atoms with Crippen LogP contribution in [0.15, 0.2) is 42.5 Å². The standard InChI is InChI=1S/C15H9ClF3NO2/c16-12-6-5-8(7-11(12)15(17,18)19)20-13-9-3-1-2-4-10(9)14(21)22-13/h1-7,13,20H/t13-/m0/s1. The van der Waals surface area contributed by atoms with Crippen molar-refractivity contribution in [2.75, 3.05) is 5.32 Å². The van der Waals surface area contributed by atoms with Crippen LogP contribution in [0, 0.1) is 0 Å². The highest BCUT2D eigenvalue weighted by atomic mass is 35.5. The normalized spacial score (nSPS) is 17.1. The number of rotatable bonds is 2. The van der Waals surface area contributed by atoms with Gasteiger partial charge in [-0.15, -0.1) is 0 Å². The maximum atomic E-state index is 12.8. The highest BCUT2D eigenvalue weighted by molar-refractivity contribution is 6.31. The summed E-state index contributed by atoms with van der Waals surface area (Å²) in [7, 11) is 0. The van der Waals surface area contributed by atoms with E-state index in [0.717, 1.165) is 12.1 Å². The first-order valence-electron chi connectivity index (χ1n) is 6.29. The highest BCUT2D eigenvalue weighted by Gasteiger charge is 2.34. The van der Waals surface area contributed by atoms with Crippen LogP contribution >= 0.6 is 11.6 Å². The molecule has 0 fully saturated rings. The van der Waals surface area contributed by atoms with Crippen LogP contribution in [0.25, 0.3) is 0 Å². The Hall–Kier alpha value is -2.21. The van der Waals surface area contributed by atoms with Crippen molar-refractivity contribution >= 4 is 23.3 Å². The highest BCUT2D eigenvalue weighted by Crippen LogP contribution is 2.38. The molecule has 1 N–H and O–H groups in total. The SMILES string of the molecule is O=C1O[C@H](Nc2ccc(Cl)c(C(F)(F)F)c2)c2ccccc21. The molecule has 0 bridgehead atoms. The molecule has 0 spiro atoms. The molecule has 0 aromatic heterocycles. The van der Waals surface area contributed by atoms with E-state index in [1.54, 1.807) is 24.3 Å². The fraction of sp³-hybridized carbons (Fsp3) is 0.133. The molecule has 1 heterocycles. The van der Waals surface area contributed by atoms with E-state index in [2.05, 4.69) is 5.32 Å². The summed E-state index contributed by atoms with van der Waals surface area (Å²) in [4.78, 5) is 11.7. The number of carbonyl (C=O) groups is 1. The third-order valence-electron chi connectivity index (χ3n) is 3.26. The summed E-state index contributed by atoms with van der Waals surface area (Å²) in [6.45, 7) is 0. The van der Waals surface area contributed by atoms with Gasteiger partial charge < -0.3 is 10.1 Å². The van der Waals surface area contributed by atoms with Gasteiger partial charge >= 0.3 is 12.1 Å². The van der Waals surface area contributed by atoms with Crippen LogP contribution in [0.4, 0.5) is 18.9 Å². The Morgan fingerprint density at radius 3 is 2.59 bits per heavy atom. The zero-order chi connectivity index (χ0) is 15.9. The largest absolute Gasteiger partial charge is 0.434 e. The average Bonchev–Trinajstić information content (AvgIpc) is 2.77. The predicted molar refractivity (Wildman–Crippen MR) is 74.7 cm³/mol. The van der Waals surface area contributed by atoms with Gasteiger partial charge in [-0.25, -0.2) is 4.79 Å². The number of cyclic esters (lactones) is 1. The summed E-state index contributed by atoms with van der Waals surface area (Å²) in [5.41, 5.74) is 0.184. The van der Waals surface area contributed by atoms with Crippen LogP contribution in [0.3, 0.4) is 0 Å². The molecule has 3 rings (SSSR count). The first-order chi connectivity index (χ1) is 10.4. The van der Waals surface area contributed by atoms with Crippen molar-refractivity contribution in [2.45, 2.75) is 12.4 Å². The molecule has 22 heavy (non-hydrogen) atoms. The van der Waals surface area contributed by atoms with Crippen molar-refractivity contribution in [3.8, 4) is 0 Å². The number of fused-ring (bicyclic) bond motifs is 1. The Bertz CT molecular complexity index is 746. The predicted octanol–water partition coefficient (Wildman–Crippen LogP) is 4.64.